The number of hydrogen-bond acceptors (Lipinski definition) is 4. The molecule has 5 nitrogen and oxygen atoms in total. The zero-order valence-electron chi connectivity index (χ0n) is 12.3. The summed E-state index contributed by atoms with van der Waals surface area (Å²) < 4.78 is 23.0. The topological polar surface area (TPSA) is 75.3 Å². The van der Waals surface area contributed by atoms with E-state index in [0.717, 1.165) is 18.4 Å². The third kappa shape index (κ3) is 5.13. The van der Waals surface area contributed by atoms with Gasteiger partial charge in [-0.25, -0.2) is 8.42 Å². The van der Waals surface area contributed by atoms with E-state index in [1.54, 1.807) is 12.1 Å². The Hall–Kier alpha value is -1.40. The van der Waals surface area contributed by atoms with Gasteiger partial charge in [0.15, 0.2) is 9.84 Å². The molecule has 1 fully saturated rings. The average Bonchev–Trinajstić information content (AvgIpc) is 2.43. The van der Waals surface area contributed by atoms with Crippen molar-refractivity contribution >= 4 is 15.7 Å². The van der Waals surface area contributed by atoms with Crippen LogP contribution >= 0.6 is 0 Å². The second-order valence-electron chi connectivity index (χ2n) is 5.53. The van der Waals surface area contributed by atoms with Gasteiger partial charge in [-0.05, 0) is 31.9 Å². The average molecular weight is 310 g/mol. The summed E-state index contributed by atoms with van der Waals surface area (Å²) in [5.41, 5.74) is 1.76. The first-order valence-electron chi connectivity index (χ1n) is 7.25. The van der Waals surface area contributed by atoms with E-state index in [2.05, 4.69) is 10.6 Å². The second kappa shape index (κ2) is 7.04. The van der Waals surface area contributed by atoms with Crippen LogP contribution in [0.3, 0.4) is 0 Å². The van der Waals surface area contributed by atoms with Crippen LogP contribution in [-0.2, 0) is 9.84 Å². The Balaban J connectivity index is 1.70. The molecule has 2 N–H and O–H groups in total. The minimum atomic E-state index is -2.88. The fourth-order valence-corrected chi connectivity index (χ4v) is 4.11. The predicted octanol–water partition coefficient (Wildman–Crippen LogP) is 0.892. The van der Waals surface area contributed by atoms with Crippen LogP contribution in [0.15, 0.2) is 24.3 Å². The largest absolute Gasteiger partial charge is 0.351 e. The lowest BCUT2D eigenvalue weighted by molar-refractivity contribution is 0.0953. The summed E-state index contributed by atoms with van der Waals surface area (Å²) in [5.74, 6) is 0.405. The van der Waals surface area contributed by atoms with E-state index in [1.807, 2.05) is 19.1 Å². The molecule has 1 amide bonds. The van der Waals surface area contributed by atoms with Gasteiger partial charge in [0.25, 0.3) is 5.91 Å². The van der Waals surface area contributed by atoms with Crippen LogP contribution in [0.4, 0.5) is 0 Å². The molecule has 0 radical (unpaired) electrons. The molecule has 1 heterocycles. The third-order valence-electron chi connectivity index (χ3n) is 3.62. The third-order valence-corrected chi connectivity index (χ3v) is 5.44. The van der Waals surface area contributed by atoms with Crippen LogP contribution in [0.5, 0.6) is 0 Å². The molecule has 6 heteroatoms. The van der Waals surface area contributed by atoms with E-state index >= 15 is 0 Å². The van der Waals surface area contributed by atoms with Crippen molar-refractivity contribution in [1.82, 2.24) is 10.6 Å². The lowest BCUT2D eigenvalue weighted by Gasteiger charge is -2.23. The maximum absolute atomic E-state index is 11.9. The van der Waals surface area contributed by atoms with Gasteiger partial charge in [0.05, 0.1) is 11.5 Å². The quantitative estimate of drug-likeness (QED) is 0.792. The van der Waals surface area contributed by atoms with Crippen molar-refractivity contribution in [3.63, 3.8) is 0 Å². The highest BCUT2D eigenvalue weighted by Crippen LogP contribution is 2.11. The summed E-state index contributed by atoms with van der Waals surface area (Å²) in [6, 6.07) is 7.41. The summed E-state index contributed by atoms with van der Waals surface area (Å²) in [6.07, 6.45) is 1.60. The summed E-state index contributed by atoms with van der Waals surface area (Å²) >= 11 is 0. The summed E-state index contributed by atoms with van der Waals surface area (Å²) in [5, 5.41) is 6.03. The van der Waals surface area contributed by atoms with Crippen molar-refractivity contribution in [1.29, 1.82) is 0 Å². The van der Waals surface area contributed by atoms with E-state index < -0.39 is 9.84 Å². The Morgan fingerprint density at radius 3 is 2.62 bits per heavy atom. The molecule has 0 spiro atoms. The zero-order valence-corrected chi connectivity index (χ0v) is 13.1. The number of hydrogen-bond donors (Lipinski definition) is 2. The molecule has 0 aliphatic carbocycles. The number of amides is 1. The molecule has 1 unspecified atom stereocenters. The summed E-state index contributed by atoms with van der Waals surface area (Å²) in [7, 11) is -2.88. The molecule has 2 rings (SSSR count). The van der Waals surface area contributed by atoms with Gasteiger partial charge in [-0.1, -0.05) is 17.7 Å². The number of carbonyl (C=O) groups is 1. The Morgan fingerprint density at radius 1 is 1.24 bits per heavy atom. The first-order valence-corrected chi connectivity index (χ1v) is 9.07. The molecule has 0 saturated carbocycles. The summed E-state index contributed by atoms with van der Waals surface area (Å²) in [6.45, 7) is 3.05. The van der Waals surface area contributed by atoms with E-state index in [1.165, 1.54) is 0 Å². The van der Waals surface area contributed by atoms with E-state index in [9.17, 15) is 13.2 Å². The highest BCUT2D eigenvalue weighted by molar-refractivity contribution is 7.91. The van der Waals surface area contributed by atoms with Crippen molar-refractivity contribution < 1.29 is 13.2 Å². The Labute approximate surface area is 126 Å². The Kier molecular flexibility index (Phi) is 5.36. The Bertz CT molecular complexity index is 581. The van der Waals surface area contributed by atoms with Crippen LogP contribution in [0.25, 0.3) is 0 Å². The van der Waals surface area contributed by atoms with Gasteiger partial charge >= 0.3 is 0 Å². The van der Waals surface area contributed by atoms with Crippen LogP contribution in [0, 0.1) is 6.92 Å². The van der Waals surface area contributed by atoms with Gasteiger partial charge in [0, 0.05) is 24.7 Å². The SMILES string of the molecule is Cc1ccc(C(=O)NCCNC2CCCS(=O)(=O)C2)cc1. The van der Waals surface area contributed by atoms with Gasteiger partial charge in [-0.15, -0.1) is 0 Å². The Morgan fingerprint density at radius 2 is 1.95 bits per heavy atom. The molecule has 1 aliphatic heterocycles. The van der Waals surface area contributed by atoms with E-state index in [4.69, 9.17) is 0 Å². The molecule has 21 heavy (non-hydrogen) atoms. The number of nitrogens with one attached hydrogen (secondary N) is 2. The molecule has 0 bridgehead atoms. The highest BCUT2D eigenvalue weighted by Gasteiger charge is 2.23. The van der Waals surface area contributed by atoms with Crippen LogP contribution in [0.2, 0.25) is 0 Å². The standard InChI is InChI=1S/C15H22N2O3S/c1-12-4-6-13(7-5-12)15(18)17-9-8-16-14-3-2-10-21(19,20)11-14/h4-7,14,16H,2-3,8-11H2,1H3,(H,17,18). The molecule has 116 valence electrons. The van der Waals surface area contributed by atoms with Crippen LogP contribution in [0.1, 0.15) is 28.8 Å². The number of rotatable bonds is 5. The molecular weight excluding hydrogens is 288 g/mol. The van der Waals surface area contributed by atoms with Crippen molar-refractivity contribution in [2.45, 2.75) is 25.8 Å². The van der Waals surface area contributed by atoms with E-state index in [0.29, 0.717) is 24.4 Å². The number of carbonyl (C=O) groups excluding carboxylic acids is 1. The van der Waals surface area contributed by atoms with Gasteiger partial charge in [-0.2, -0.15) is 0 Å². The van der Waals surface area contributed by atoms with Crippen molar-refractivity contribution in [2.24, 2.45) is 0 Å². The van der Waals surface area contributed by atoms with Crippen molar-refractivity contribution in [2.75, 3.05) is 24.6 Å². The summed E-state index contributed by atoms with van der Waals surface area (Å²) in [4.78, 5) is 11.9. The van der Waals surface area contributed by atoms with Gasteiger partial charge in [0.1, 0.15) is 0 Å². The lowest BCUT2D eigenvalue weighted by atomic mass is 10.1. The second-order valence-corrected chi connectivity index (χ2v) is 7.76. The first kappa shape index (κ1) is 16.0. The predicted molar refractivity (Wildman–Crippen MR) is 83.2 cm³/mol. The number of aryl methyl sites for hydroxylation is 1. The monoisotopic (exact) mass is 310 g/mol. The van der Waals surface area contributed by atoms with Crippen molar-refractivity contribution in [3.05, 3.63) is 35.4 Å². The molecule has 1 aromatic rings. The molecule has 1 saturated heterocycles. The maximum Gasteiger partial charge on any atom is 0.251 e. The molecule has 1 aromatic carbocycles. The fourth-order valence-electron chi connectivity index (χ4n) is 2.44. The van der Waals surface area contributed by atoms with Crippen LogP contribution < -0.4 is 10.6 Å². The highest BCUT2D eigenvalue weighted by atomic mass is 32.2. The van der Waals surface area contributed by atoms with Crippen LogP contribution in [-0.4, -0.2) is 45.0 Å². The number of benzene rings is 1. The molecule has 0 aromatic heterocycles. The number of sulfone groups is 1. The maximum atomic E-state index is 11.9. The van der Waals surface area contributed by atoms with E-state index in [-0.39, 0.29) is 17.7 Å². The smallest absolute Gasteiger partial charge is 0.251 e. The molecule has 1 atom stereocenters. The normalized spacial score (nSPS) is 20.9. The fraction of sp³-hybridized carbons (Fsp3) is 0.533. The first-order chi connectivity index (χ1) is 9.96. The zero-order chi connectivity index (χ0) is 15.3. The van der Waals surface area contributed by atoms with Gasteiger partial charge in [0.2, 0.25) is 0 Å². The minimum Gasteiger partial charge on any atom is -0.351 e. The van der Waals surface area contributed by atoms with Crippen molar-refractivity contribution in [3.8, 4) is 0 Å². The minimum absolute atomic E-state index is 0.0139. The lowest BCUT2D eigenvalue weighted by Crippen LogP contribution is -2.43. The van der Waals surface area contributed by atoms with Gasteiger partial charge in [-0.3, -0.25) is 4.79 Å². The molecular formula is C15H22N2O3S. The van der Waals surface area contributed by atoms with Gasteiger partial charge < -0.3 is 10.6 Å². The molecule has 1 aliphatic rings.